The van der Waals surface area contributed by atoms with Crippen LogP contribution in [0.25, 0.3) is 32.3 Å². The minimum atomic E-state index is 0.893. The van der Waals surface area contributed by atoms with E-state index in [-0.39, 0.29) is 0 Å². The molecule has 0 unspecified atom stereocenters. The predicted octanol–water partition coefficient (Wildman–Crippen LogP) is 5.06. The SMILES string of the molecule is SCCc1ccc2ccc3cccc4ccc1c2c34. The van der Waals surface area contributed by atoms with Gasteiger partial charge in [0.05, 0.1) is 0 Å². The van der Waals surface area contributed by atoms with Gasteiger partial charge in [-0.05, 0) is 50.1 Å². The van der Waals surface area contributed by atoms with Crippen molar-refractivity contribution in [1.82, 2.24) is 0 Å². The Hall–Kier alpha value is -1.73. The Morgan fingerprint density at radius 2 is 1.32 bits per heavy atom. The number of rotatable bonds is 2. The predicted molar refractivity (Wildman–Crippen MR) is 87.7 cm³/mol. The first-order valence-corrected chi connectivity index (χ1v) is 7.28. The second kappa shape index (κ2) is 4.14. The Balaban J connectivity index is 2.28. The summed E-state index contributed by atoms with van der Waals surface area (Å²) in [4.78, 5) is 0. The third-order valence-corrected chi connectivity index (χ3v) is 4.22. The molecular weight excluding hydrogens is 248 g/mol. The Bertz CT molecular complexity index is 861. The van der Waals surface area contributed by atoms with Gasteiger partial charge in [0.15, 0.2) is 0 Å². The highest BCUT2D eigenvalue weighted by Crippen LogP contribution is 2.35. The normalized spacial score (nSPS) is 11.8. The lowest BCUT2D eigenvalue weighted by Crippen LogP contribution is -1.91. The summed E-state index contributed by atoms with van der Waals surface area (Å²) in [6.07, 6.45) is 1.03. The maximum atomic E-state index is 4.38. The molecule has 0 spiro atoms. The van der Waals surface area contributed by atoms with Gasteiger partial charge in [0.2, 0.25) is 0 Å². The summed E-state index contributed by atoms with van der Waals surface area (Å²) >= 11 is 4.38. The largest absolute Gasteiger partial charge is 0.179 e. The van der Waals surface area contributed by atoms with Crippen molar-refractivity contribution >= 4 is 44.9 Å². The van der Waals surface area contributed by atoms with Gasteiger partial charge in [-0.2, -0.15) is 12.6 Å². The third-order valence-electron chi connectivity index (χ3n) is 4.00. The number of benzene rings is 4. The highest BCUT2D eigenvalue weighted by atomic mass is 32.1. The van der Waals surface area contributed by atoms with Crippen LogP contribution in [-0.2, 0) is 6.42 Å². The number of hydrogen-bond donors (Lipinski definition) is 1. The Morgan fingerprint density at radius 3 is 2.05 bits per heavy atom. The molecule has 0 aromatic heterocycles. The van der Waals surface area contributed by atoms with Gasteiger partial charge in [-0.25, -0.2) is 0 Å². The number of thiol groups is 1. The molecule has 0 radical (unpaired) electrons. The topological polar surface area (TPSA) is 0 Å². The highest BCUT2D eigenvalue weighted by Gasteiger charge is 2.09. The second-order valence-corrected chi connectivity index (χ2v) is 5.50. The molecular formula is C18H14S. The van der Waals surface area contributed by atoms with Crippen molar-refractivity contribution in [1.29, 1.82) is 0 Å². The molecule has 1 heteroatoms. The van der Waals surface area contributed by atoms with Gasteiger partial charge in [-0.1, -0.05) is 54.6 Å². The zero-order valence-corrected chi connectivity index (χ0v) is 11.5. The zero-order chi connectivity index (χ0) is 12.8. The van der Waals surface area contributed by atoms with E-state index in [1.54, 1.807) is 0 Å². The lowest BCUT2D eigenvalue weighted by Gasteiger charge is -2.13. The fourth-order valence-corrected chi connectivity index (χ4v) is 3.38. The van der Waals surface area contributed by atoms with Crippen molar-refractivity contribution in [2.24, 2.45) is 0 Å². The van der Waals surface area contributed by atoms with Crippen LogP contribution in [0.15, 0.2) is 54.6 Å². The molecule has 0 aliphatic rings. The summed E-state index contributed by atoms with van der Waals surface area (Å²) in [6, 6.07) is 20.0. The van der Waals surface area contributed by atoms with Gasteiger partial charge < -0.3 is 0 Å². The van der Waals surface area contributed by atoms with Gasteiger partial charge in [-0.3, -0.25) is 0 Å². The first-order chi connectivity index (χ1) is 9.38. The van der Waals surface area contributed by atoms with Crippen LogP contribution in [0.2, 0.25) is 0 Å². The van der Waals surface area contributed by atoms with Crippen molar-refractivity contribution in [3.05, 3.63) is 60.2 Å². The molecule has 0 saturated carbocycles. The van der Waals surface area contributed by atoms with Crippen LogP contribution < -0.4 is 0 Å². The van der Waals surface area contributed by atoms with Gasteiger partial charge in [-0.15, -0.1) is 0 Å². The Labute approximate surface area is 117 Å². The highest BCUT2D eigenvalue weighted by molar-refractivity contribution is 7.80. The van der Waals surface area contributed by atoms with Crippen LogP contribution in [0.4, 0.5) is 0 Å². The van der Waals surface area contributed by atoms with E-state index in [1.807, 2.05) is 0 Å². The smallest absolute Gasteiger partial charge is 0.00240 e. The van der Waals surface area contributed by atoms with Gasteiger partial charge >= 0.3 is 0 Å². The Morgan fingerprint density at radius 1 is 0.684 bits per heavy atom. The van der Waals surface area contributed by atoms with E-state index in [4.69, 9.17) is 0 Å². The molecule has 0 aliphatic carbocycles. The lowest BCUT2D eigenvalue weighted by molar-refractivity contribution is 1.19. The number of aryl methyl sites for hydroxylation is 1. The molecule has 4 aromatic carbocycles. The molecule has 0 amide bonds. The maximum Gasteiger partial charge on any atom is -0.00240 e. The lowest BCUT2D eigenvalue weighted by atomic mass is 9.91. The zero-order valence-electron chi connectivity index (χ0n) is 10.6. The molecule has 0 bridgehead atoms. The van der Waals surface area contributed by atoms with Crippen molar-refractivity contribution < 1.29 is 0 Å². The van der Waals surface area contributed by atoms with Crippen molar-refractivity contribution in [2.75, 3.05) is 5.75 Å². The van der Waals surface area contributed by atoms with E-state index in [1.165, 1.54) is 37.9 Å². The summed E-state index contributed by atoms with van der Waals surface area (Å²) in [7, 11) is 0. The molecule has 0 fully saturated rings. The molecule has 0 heterocycles. The Kier molecular flexibility index (Phi) is 2.42. The average Bonchev–Trinajstić information content (AvgIpc) is 2.46. The monoisotopic (exact) mass is 262 g/mol. The summed E-state index contributed by atoms with van der Waals surface area (Å²) in [6.45, 7) is 0. The molecule has 92 valence electrons. The van der Waals surface area contributed by atoms with E-state index >= 15 is 0 Å². The van der Waals surface area contributed by atoms with Crippen LogP contribution in [-0.4, -0.2) is 5.75 Å². The van der Waals surface area contributed by atoms with Crippen LogP contribution in [0.5, 0.6) is 0 Å². The van der Waals surface area contributed by atoms with E-state index in [2.05, 4.69) is 67.2 Å². The third kappa shape index (κ3) is 1.55. The summed E-state index contributed by atoms with van der Waals surface area (Å²) in [5.41, 5.74) is 1.40. The van der Waals surface area contributed by atoms with Gasteiger partial charge in [0, 0.05) is 0 Å². The number of hydrogen-bond acceptors (Lipinski definition) is 1. The standard InChI is InChI=1S/C18H14S/c19-11-10-12-4-5-15-7-6-13-2-1-3-14-8-9-16(12)18(15)17(13)14/h1-9,19H,10-11H2. The summed E-state index contributed by atoms with van der Waals surface area (Å²) < 4.78 is 0. The summed E-state index contributed by atoms with van der Waals surface area (Å²) in [5, 5.41) is 8.20. The first kappa shape index (κ1) is 11.1. The van der Waals surface area contributed by atoms with Crippen molar-refractivity contribution in [3.63, 3.8) is 0 Å². The van der Waals surface area contributed by atoms with Crippen LogP contribution in [0, 0.1) is 0 Å². The average molecular weight is 262 g/mol. The van der Waals surface area contributed by atoms with E-state index in [9.17, 15) is 0 Å². The van der Waals surface area contributed by atoms with Crippen LogP contribution >= 0.6 is 12.6 Å². The quantitative estimate of drug-likeness (QED) is 0.379. The minimum absolute atomic E-state index is 0.893. The molecule has 0 aliphatic heterocycles. The fourth-order valence-electron chi connectivity index (χ4n) is 3.13. The molecule has 0 N–H and O–H groups in total. The minimum Gasteiger partial charge on any atom is -0.179 e. The molecule has 19 heavy (non-hydrogen) atoms. The molecule has 4 aromatic rings. The van der Waals surface area contributed by atoms with Gasteiger partial charge in [0.1, 0.15) is 0 Å². The fraction of sp³-hybridized carbons (Fsp3) is 0.111. The van der Waals surface area contributed by atoms with Crippen LogP contribution in [0.3, 0.4) is 0 Å². The van der Waals surface area contributed by atoms with Crippen molar-refractivity contribution in [3.8, 4) is 0 Å². The molecule has 0 atom stereocenters. The van der Waals surface area contributed by atoms with Crippen molar-refractivity contribution in [2.45, 2.75) is 6.42 Å². The van der Waals surface area contributed by atoms with E-state index < -0.39 is 0 Å². The second-order valence-electron chi connectivity index (χ2n) is 5.05. The van der Waals surface area contributed by atoms with E-state index in [0.717, 1.165) is 12.2 Å². The van der Waals surface area contributed by atoms with Gasteiger partial charge in [0.25, 0.3) is 0 Å². The van der Waals surface area contributed by atoms with E-state index in [0.29, 0.717) is 0 Å². The molecule has 4 rings (SSSR count). The first-order valence-electron chi connectivity index (χ1n) is 6.65. The summed E-state index contributed by atoms with van der Waals surface area (Å²) in [5.74, 6) is 0.893. The molecule has 0 nitrogen and oxygen atoms in total. The molecule has 0 saturated heterocycles. The van der Waals surface area contributed by atoms with Crippen LogP contribution in [0.1, 0.15) is 5.56 Å². The maximum absolute atomic E-state index is 4.38.